The highest BCUT2D eigenvalue weighted by molar-refractivity contribution is 5.82. The predicted molar refractivity (Wildman–Crippen MR) is 58.1 cm³/mol. The molecule has 2 rings (SSSR count). The van der Waals surface area contributed by atoms with Crippen molar-refractivity contribution in [1.82, 2.24) is 20.6 Å². The Morgan fingerprint density at radius 2 is 2.35 bits per heavy atom. The molecule has 1 unspecified atom stereocenters. The van der Waals surface area contributed by atoms with Crippen LogP contribution in [0.4, 0.5) is 4.79 Å². The normalized spacial score (nSPS) is 16.2. The maximum Gasteiger partial charge on any atom is 0.326 e. The topological polar surface area (TPSA) is 107 Å². The Bertz CT molecular complexity index is 400. The van der Waals surface area contributed by atoms with Crippen LogP contribution in [0, 0.1) is 5.92 Å². The highest BCUT2D eigenvalue weighted by Crippen LogP contribution is 2.32. The van der Waals surface area contributed by atoms with Crippen LogP contribution in [0.15, 0.2) is 12.4 Å². The molecular weight excluding hydrogens is 224 g/mol. The van der Waals surface area contributed by atoms with E-state index in [0.717, 1.165) is 12.8 Å². The van der Waals surface area contributed by atoms with Crippen molar-refractivity contribution in [2.75, 3.05) is 0 Å². The molecule has 0 spiro atoms. The van der Waals surface area contributed by atoms with Gasteiger partial charge in [-0.1, -0.05) is 0 Å². The molecule has 0 aliphatic heterocycles. The van der Waals surface area contributed by atoms with Crippen LogP contribution < -0.4 is 10.6 Å². The number of urea groups is 1. The number of H-pyrrole nitrogens is 1. The highest BCUT2D eigenvalue weighted by Gasteiger charge is 2.37. The molecule has 4 N–H and O–H groups in total. The van der Waals surface area contributed by atoms with E-state index in [1.54, 1.807) is 12.4 Å². The van der Waals surface area contributed by atoms with Gasteiger partial charge in [0.05, 0.1) is 6.54 Å². The van der Waals surface area contributed by atoms with Gasteiger partial charge < -0.3 is 20.7 Å². The molecule has 1 aromatic heterocycles. The van der Waals surface area contributed by atoms with Crippen LogP contribution in [-0.2, 0) is 11.3 Å². The summed E-state index contributed by atoms with van der Waals surface area (Å²) in [5.74, 6) is -0.291. The molecule has 0 saturated heterocycles. The number of hydrogen-bond donors (Lipinski definition) is 4. The first kappa shape index (κ1) is 11.4. The Labute approximate surface area is 97.6 Å². The summed E-state index contributed by atoms with van der Waals surface area (Å²) in [5, 5.41) is 13.9. The van der Waals surface area contributed by atoms with Crippen molar-refractivity contribution in [3.8, 4) is 0 Å². The Kier molecular flexibility index (Phi) is 3.27. The zero-order chi connectivity index (χ0) is 12.3. The van der Waals surface area contributed by atoms with Crippen LogP contribution in [0.3, 0.4) is 0 Å². The average Bonchev–Trinajstić information content (AvgIpc) is 2.99. The Hall–Kier alpha value is -2.05. The number of hydrogen-bond acceptors (Lipinski definition) is 3. The monoisotopic (exact) mass is 238 g/mol. The lowest BCUT2D eigenvalue weighted by atomic mass is 10.2. The summed E-state index contributed by atoms with van der Waals surface area (Å²) in [5.41, 5.74) is 0. The number of carbonyl (C=O) groups is 2. The van der Waals surface area contributed by atoms with Crippen molar-refractivity contribution < 1.29 is 14.7 Å². The zero-order valence-corrected chi connectivity index (χ0v) is 9.14. The lowest BCUT2D eigenvalue weighted by Gasteiger charge is -2.13. The second kappa shape index (κ2) is 4.86. The SMILES string of the molecule is O=C(NCc1ncc[nH]1)NC(C(=O)O)C1CC1. The van der Waals surface area contributed by atoms with Crippen LogP contribution in [0.2, 0.25) is 0 Å². The molecule has 1 saturated carbocycles. The number of carboxylic acids is 1. The van der Waals surface area contributed by atoms with E-state index in [-0.39, 0.29) is 12.5 Å². The molecule has 1 heterocycles. The summed E-state index contributed by atoms with van der Waals surface area (Å²) >= 11 is 0. The van der Waals surface area contributed by atoms with Gasteiger partial charge in [-0.15, -0.1) is 0 Å². The van der Waals surface area contributed by atoms with Crippen LogP contribution >= 0.6 is 0 Å². The molecule has 1 aromatic rings. The van der Waals surface area contributed by atoms with Crippen molar-refractivity contribution in [2.45, 2.75) is 25.4 Å². The molecule has 1 atom stereocenters. The van der Waals surface area contributed by atoms with E-state index in [1.807, 2.05) is 0 Å². The number of aromatic nitrogens is 2. The quantitative estimate of drug-likeness (QED) is 0.582. The molecule has 2 amide bonds. The summed E-state index contributed by atoms with van der Waals surface area (Å²) < 4.78 is 0. The van der Waals surface area contributed by atoms with Crippen molar-refractivity contribution in [3.63, 3.8) is 0 Å². The molecule has 7 nitrogen and oxygen atoms in total. The maximum atomic E-state index is 11.5. The standard InChI is InChI=1S/C10H14N4O3/c15-9(16)8(6-1-2-6)14-10(17)13-5-7-11-3-4-12-7/h3-4,6,8H,1-2,5H2,(H,11,12)(H,15,16)(H2,13,14,17). The Balaban J connectivity index is 1.77. The lowest BCUT2D eigenvalue weighted by Crippen LogP contribution is -2.47. The molecule has 1 aliphatic carbocycles. The largest absolute Gasteiger partial charge is 0.480 e. The molecule has 92 valence electrons. The number of nitrogens with one attached hydrogen (secondary N) is 3. The van der Waals surface area contributed by atoms with Gasteiger partial charge in [0.2, 0.25) is 0 Å². The van der Waals surface area contributed by atoms with E-state index in [9.17, 15) is 9.59 Å². The fourth-order valence-electron chi connectivity index (χ4n) is 1.56. The second-order valence-electron chi connectivity index (χ2n) is 4.02. The number of aromatic amines is 1. The molecular formula is C10H14N4O3. The van der Waals surface area contributed by atoms with E-state index in [4.69, 9.17) is 5.11 Å². The summed E-state index contributed by atoms with van der Waals surface area (Å²) in [7, 11) is 0. The minimum Gasteiger partial charge on any atom is -0.480 e. The maximum absolute atomic E-state index is 11.5. The number of aliphatic carboxylic acids is 1. The molecule has 0 bridgehead atoms. The van der Waals surface area contributed by atoms with E-state index in [2.05, 4.69) is 20.6 Å². The van der Waals surface area contributed by atoms with Gasteiger partial charge in [-0.05, 0) is 18.8 Å². The first-order valence-electron chi connectivity index (χ1n) is 5.42. The van der Waals surface area contributed by atoms with Gasteiger partial charge >= 0.3 is 12.0 Å². The molecule has 0 radical (unpaired) electrons. The molecule has 1 fully saturated rings. The summed E-state index contributed by atoms with van der Waals surface area (Å²) in [6, 6.07) is -1.27. The van der Waals surface area contributed by atoms with Gasteiger partial charge in [0, 0.05) is 12.4 Å². The molecule has 0 aromatic carbocycles. The minimum atomic E-state index is -0.986. The number of carboxylic acid groups (broad SMARTS) is 1. The third-order valence-electron chi connectivity index (χ3n) is 2.62. The smallest absolute Gasteiger partial charge is 0.326 e. The molecule has 17 heavy (non-hydrogen) atoms. The Morgan fingerprint density at radius 3 is 2.88 bits per heavy atom. The average molecular weight is 238 g/mol. The van der Waals surface area contributed by atoms with Gasteiger partial charge in [-0.25, -0.2) is 14.6 Å². The van der Waals surface area contributed by atoms with Crippen molar-refractivity contribution in [3.05, 3.63) is 18.2 Å². The fourth-order valence-corrected chi connectivity index (χ4v) is 1.56. The lowest BCUT2D eigenvalue weighted by molar-refractivity contribution is -0.139. The van der Waals surface area contributed by atoms with Gasteiger partial charge in [0.15, 0.2) is 0 Å². The summed E-state index contributed by atoms with van der Waals surface area (Å²) in [6.45, 7) is 0.246. The van der Waals surface area contributed by atoms with E-state index in [0.29, 0.717) is 5.82 Å². The van der Waals surface area contributed by atoms with Gasteiger partial charge in [-0.2, -0.15) is 0 Å². The van der Waals surface area contributed by atoms with Crippen LogP contribution in [0.25, 0.3) is 0 Å². The number of nitrogens with zero attached hydrogens (tertiary/aromatic N) is 1. The van der Waals surface area contributed by atoms with Crippen molar-refractivity contribution in [1.29, 1.82) is 0 Å². The number of amides is 2. The van der Waals surface area contributed by atoms with Crippen LogP contribution in [0.1, 0.15) is 18.7 Å². The van der Waals surface area contributed by atoms with Gasteiger partial charge in [-0.3, -0.25) is 0 Å². The zero-order valence-electron chi connectivity index (χ0n) is 9.14. The molecule has 1 aliphatic rings. The second-order valence-corrected chi connectivity index (χ2v) is 4.02. The third-order valence-corrected chi connectivity index (χ3v) is 2.62. The first-order chi connectivity index (χ1) is 8.16. The van der Waals surface area contributed by atoms with E-state index < -0.39 is 18.0 Å². The number of imidazole rings is 1. The van der Waals surface area contributed by atoms with E-state index >= 15 is 0 Å². The minimum absolute atomic E-state index is 0.0712. The third kappa shape index (κ3) is 3.20. The van der Waals surface area contributed by atoms with Gasteiger partial charge in [0.25, 0.3) is 0 Å². The first-order valence-corrected chi connectivity index (χ1v) is 5.42. The highest BCUT2D eigenvalue weighted by atomic mass is 16.4. The summed E-state index contributed by atoms with van der Waals surface area (Å²) in [6.07, 6.45) is 4.95. The predicted octanol–water partition coefficient (Wildman–Crippen LogP) is 0.0721. The molecule has 7 heteroatoms. The van der Waals surface area contributed by atoms with Crippen LogP contribution in [-0.4, -0.2) is 33.1 Å². The van der Waals surface area contributed by atoms with E-state index in [1.165, 1.54) is 0 Å². The van der Waals surface area contributed by atoms with Crippen LogP contribution in [0.5, 0.6) is 0 Å². The number of carbonyl (C=O) groups excluding carboxylic acids is 1. The number of rotatable bonds is 5. The summed E-state index contributed by atoms with van der Waals surface area (Å²) in [4.78, 5) is 29.1. The van der Waals surface area contributed by atoms with Crippen molar-refractivity contribution in [2.24, 2.45) is 5.92 Å². The Morgan fingerprint density at radius 1 is 1.59 bits per heavy atom. The van der Waals surface area contributed by atoms with Gasteiger partial charge in [0.1, 0.15) is 11.9 Å². The fraction of sp³-hybridized carbons (Fsp3) is 0.500. The van der Waals surface area contributed by atoms with Crippen molar-refractivity contribution >= 4 is 12.0 Å².